The summed E-state index contributed by atoms with van der Waals surface area (Å²) in [6, 6.07) is 6.19. The summed E-state index contributed by atoms with van der Waals surface area (Å²) in [5.41, 5.74) is 0.309. The van der Waals surface area contributed by atoms with Gasteiger partial charge in [0.25, 0.3) is 0 Å². The highest BCUT2D eigenvalue weighted by molar-refractivity contribution is 5.36. The van der Waals surface area contributed by atoms with Crippen LogP contribution >= 0.6 is 0 Å². The van der Waals surface area contributed by atoms with E-state index >= 15 is 0 Å². The maximum absolute atomic E-state index is 13.6. The molecule has 1 aromatic carbocycles. The van der Waals surface area contributed by atoms with E-state index in [0.717, 1.165) is 5.92 Å². The topological polar surface area (TPSA) is 33.0 Å². The van der Waals surface area contributed by atoms with E-state index in [1.165, 1.54) is 50.7 Å². The first-order valence-corrected chi connectivity index (χ1v) is 8.22. The molecule has 22 heavy (non-hydrogen) atoms. The van der Waals surface area contributed by atoms with E-state index in [-0.39, 0.29) is 5.75 Å². The fourth-order valence-electron chi connectivity index (χ4n) is 3.15. The second-order valence-corrected chi connectivity index (χ2v) is 6.07. The number of rotatable bonds is 6. The fraction of sp³-hybridized carbons (Fsp3) is 0.526. The first kappa shape index (κ1) is 16.5. The van der Waals surface area contributed by atoms with E-state index in [0.29, 0.717) is 18.1 Å². The van der Waals surface area contributed by atoms with Crippen molar-refractivity contribution in [2.45, 2.75) is 45.4 Å². The Morgan fingerprint density at radius 2 is 2.09 bits per heavy atom. The Balaban J connectivity index is 1.74. The Labute approximate surface area is 132 Å². The summed E-state index contributed by atoms with van der Waals surface area (Å²) in [5, 5.41) is 8.69. The Morgan fingerprint density at radius 1 is 1.32 bits per heavy atom. The molecule has 1 aliphatic carbocycles. The van der Waals surface area contributed by atoms with E-state index in [4.69, 9.17) is 10.00 Å². The zero-order chi connectivity index (χ0) is 15.8. The van der Waals surface area contributed by atoms with Gasteiger partial charge in [-0.2, -0.15) is 5.26 Å². The summed E-state index contributed by atoms with van der Waals surface area (Å²) in [7, 11) is 0. The molecule has 0 N–H and O–H groups in total. The van der Waals surface area contributed by atoms with Gasteiger partial charge in [0.2, 0.25) is 0 Å². The summed E-state index contributed by atoms with van der Waals surface area (Å²) in [4.78, 5) is 0. The summed E-state index contributed by atoms with van der Waals surface area (Å²) >= 11 is 0. The molecule has 0 spiro atoms. The quantitative estimate of drug-likeness (QED) is 0.673. The summed E-state index contributed by atoms with van der Waals surface area (Å²) in [6.45, 7) is 2.63. The zero-order valence-electron chi connectivity index (χ0n) is 13.2. The predicted octanol–water partition coefficient (Wildman–Crippen LogP) is 5.24. The molecule has 1 aromatic rings. The molecule has 0 radical (unpaired) electrons. The van der Waals surface area contributed by atoms with Gasteiger partial charge in [-0.1, -0.05) is 31.9 Å². The van der Waals surface area contributed by atoms with Gasteiger partial charge in [0, 0.05) is 0 Å². The third kappa shape index (κ3) is 4.87. The molecule has 0 aliphatic heterocycles. The monoisotopic (exact) mass is 301 g/mol. The Kier molecular flexibility index (Phi) is 6.45. The maximum atomic E-state index is 13.6. The lowest BCUT2D eigenvalue weighted by Crippen LogP contribution is -2.13. The summed E-state index contributed by atoms with van der Waals surface area (Å²) < 4.78 is 19.1. The molecule has 118 valence electrons. The minimum atomic E-state index is -0.479. The molecule has 0 unspecified atom stereocenters. The fourth-order valence-corrected chi connectivity index (χ4v) is 3.15. The van der Waals surface area contributed by atoms with Gasteiger partial charge in [-0.3, -0.25) is 0 Å². The minimum Gasteiger partial charge on any atom is -0.486 e. The number of halogens is 1. The average Bonchev–Trinajstić information content (AvgIpc) is 2.54. The molecular weight excluding hydrogens is 277 g/mol. The first-order valence-electron chi connectivity index (χ1n) is 8.22. The van der Waals surface area contributed by atoms with Gasteiger partial charge in [-0.15, -0.1) is 0 Å². The van der Waals surface area contributed by atoms with Crippen molar-refractivity contribution in [1.82, 2.24) is 0 Å². The average molecular weight is 301 g/mol. The maximum Gasteiger partial charge on any atom is 0.166 e. The molecule has 0 bridgehead atoms. The number of hydrogen-bond donors (Lipinski definition) is 0. The SMILES string of the molecule is CCC[C@H]1CC[C@H](/C=C/COc2ccc(C#N)cc2F)CC1. The van der Waals surface area contributed by atoms with E-state index in [2.05, 4.69) is 13.0 Å². The van der Waals surface area contributed by atoms with Crippen molar-refractivity contribution in [3.8, 4) is 11.8 Å². The van der Waals surface area contributed by atoms with Gasteiger partial charge in [-0.05, 0) is 55.7 Å². The van der Waals surface area contributed by atoms with Crippen LogP contribution in [-0.2, 0) is 0 Å². The van der Waals surface area contributed by atoms with Crippen LogP contribution in [0.5, 0.6) is 5.75 Å². The third-order valence-corrected chi connectivity index (χ3v) is 4.39. The molecular formula is C19H24FNO. The molecule has 0 saturated heterocycles. The number of ether oxygens (including phenoxy) is 1. The van der Waals surface area contributed by atoms with Crippen LogP contribution in [0.3, 0.4) is 0 Å². The van der Waals surface area contributed by atoms with Crippen molar-refractivity contribution in [3.63, 3.8) is 0 Å². The van der Waals surface area contributed by atoms with Gasteiger partial charge in [-0.25, -0.2) is 4.39 Å². The number of nitrogens with zero attached hydrogens (tertiary/aromatic N) is 1. The van der Waals surface area contributed by atoms with Crippen LogP contribution in [0.25, 0.3) is 0 Å². The molecule has 0 heterocycles. The summed E-state index contributed by atoms with van der Waals surface area (Å²) in [5.74, 6) is 1.28. The van der Waals surface area contributed by atoms with Crippen molar-refractivity contribution >= 4 is 0 Å². The van der Waals surface area contributed by atoms with E-state index in [9.17, 15) is 4.39 Å². The predicted molar refractivity (Wildman–Crippen MR) is 86.1 cm³/mol. The molecule has 3 heteroatoms. The molecule has 0 atom stereocenters. The number of benzene rings is 1. The number of allylic oxidation sites excluding steroid dienone is 1. The highest BCUT2D eigenvalue weighted by atomic mass is 19.1. The smallest absolute Gasteiger partial charge is 0.166 e. The zero-order valence-corrected chi connectivity index (χ0v) is 13.2. The van der Waals surface area contributed by atoms with Crippen molar-refractivity contribution < 1.29 is 9.13 Å². The summed E-state index contributed by atoms with van der Waals surface area (Å²) in [6.07, 6.45) is 12.0. The van der Waals surface area contributed by atoms with Crippen molar-refractivity contribution in [2.24, 2.45) is 11.8 Å². The van der Waals surface area contributed by atoms with Crippen molar-refractivity contribution in [3.05, 3.63) is 41.7 Å². The van der Waals surface area contributed by atoms with E-state index in [1.54, 1.807) is 6.07 Å². The van der Waals surface area contributed by atoms with Gasteiger partial charge >= 0.3 is 0 Å². The lowest BCUT2D eigenvalue weighted by Gasteiger charge is -2.26. The molecule has 0 aromatic heterocycles. The van der Waals surface area contributed by atoms with Gasteiger partial charge in [0.05, 0.1) is 11.6 Å². The Hall–Kier alpha value is -1.82. The molecule has 0 amide bonds. The Bertz CT molecular complexity index is 539. The third-order valence-electron chi connectivity index (χ3n) is 4.39. The molecule has 2 rings (SSSR count). The lowest BCUT2D eigenvalue weighted by atomic mass is 9.80. The second kappa shape index (κ2) is 8.58. The first-order chi connectivity index (χ1) is 10.7. The van der Waals surface area contributed by atoms with Crippen LogP contribution in [0.1, 0.15) is 51.0 Å². The van der Waals surface area contributed by atoms with Gasteiger partial charge in [0.1, 0.15) is 6.61 Å². The van der Waals surface area contributed by atoms with Gasteiger partial charge in [0.15, 0.2) is 11.6 Å². The van der Waals surface area contributed by atoms with Crippen molar-refractivity contribution in [1.29, 1.82) is 5.26 Å². The molecule has 1 fully saturated rings. The standard InChI is InChI=1S/C19H24FNO/c1-2-4-15-6-8-16(9-7-15)5-3-12-22-19-11-10-17(14-21)13-18(19)20/h3,5,10-11,13,15-16H,2,4,6-9,12H2,1H3/b5-3+/t15-,16-. The van der Waals surface area contributed by atoms with Crippen molar-refractivity contribution in [2.75, 3.05) is 6.61 Å². The van der Waals surface area contributed by atoms with Gasteiger partial charge < -0.3 is 4.74 Å². The molecule has 1 aliphatic rings. The number of hydrogen-bond acceptors (Lipinski definition) is 2. The second-order valence-electron chi connectivity index (χ2n) is 6.07. The van der Waals surface area contributed by atoms with Crippen LogP contribution in [0, 0.1) is 29.0 Å². The minimum absolute atomic E-state index is 0.204. The highest BCUT2D eigenvalue weighted by Gasteiger charge is 2.18. The van der Waals surface area contributed by atoms with E-state index < -0.39 is 5.82 Å². The molecule has 2 nitrogen and oxygen atoms in total. The van der Waals surface area contributed by atoms with Crippen LogP contribution in [0.2, 0.25) is 0 Å². The van der Waals surface area contributed by atoms with Crippen LogP contribution in [-0.4, -0.2) is 6.61 Å². The largest absolute Gasteiger partial charge is 0.486 e. The van der Waals surface area contributed by atoms with E-state index in [1.807, 2.05) is 12.1 Å². The number of nitriles is 1. The normalized spacial score (nSPS) is 21.7. The lowest BCUT2D eigenvalue weighted by molar-refractivity contribution is 0.292. The molecule has 1 saturated carbocycles. The Morgan fingerprint density at radius 3 is 2.73 bits per heavy atom. The van der Waals surface area contributed by atoms with Crippen LogP contribution in [0.4, 0.5) is 4.39 Å². The highest BCUT2D eigenvalue weighted by Crippen LogP contribution is 2.32. The van der Waals surface area contributed by atoms with Crippen LogP contribution < -0.4 is 4.74 Å². The van der Waals surface area contributed by atoms with Crippen LogP contribution in [0.15, 0.2) is 30.4 Å².